The van der Waals surface area contributed by atoms with Crippen molar-refractivity contribution < 1.29 is 9.21 Å². The maximum Gasteiger partial charge on any atom is 0.322 e. The van der Waals surface area contributed by atoms with Gasteiger partial charge in [0.2, 0.25) is 0 Å². The van der Waals surface area contributed by atoms with E-state index >= 15 is 0 Å². The molecule has 0 fully saturated rings. The summed E-state index contributed by atoms with van der Waals surface area (Å²) in [7, 11) is 0. The van der Waals surface area contributed by atoms with E-state index in [-0.39, 0.29) is 6.03 Å². The first-order valence-corrected chi connectivity index (χ1v) is 6.50. The number of urea groups is 1. The van der Waals surface area contributed by atoms with Crippen molar-refractivity contribution in [3.8, 4) is 0 Å². The number of nitrogens with zero attached hydrogens (tertiary/aromatic N) is 1. The number of para-hydroxylation sites is 1. The largest absolute Gasteiger partial charge is 0.467 e. The summed E-state index contributed by atoms with van der Waals surface area (Å²) in [6.07, 6.45) is 3.65. The van der Waals surface area contributed by atoms with Gasteiger partial charge in [-0.25, -0.2) is 4.79 Å². The van der Waals surface area contributed by atoms with Gasteiger partial charge in [-0.3, -0.25) is 4.90 Å². The SMILES string of the molecule is O=C(NCc1ccco1)N1CCCc2ccccc21. The Hall–Kier alpha value is -2.23. The van der Waals surface area contributed by atoms with E-state index in [1.807, 2.05) is 35.2 Å². The third-order valence-electron chi connectivity index (χ3n) is 3.35. The number of rotatable bonds is 2. The van der Waals surface area contributed by atoms with E-state index in [4.69, 9.17) is 4.42 Å². The number of carbonyl (C=O) groups excluding carboxylic acids is 1. The van der Waals surface area contributed by atoms with Crippen LogP contribution in [0.2, 0.25) is 0 Å². The topological polar surface area (TPSA) is 45.5 Å². The fraction of sp³-hybridized carbons (Fsp3) is 0.267. The number of carbonyl (C=O) groups is 1. The minimum absolute atomic E-state index is 0.0662. The van der Waals surface area contributed by atoms with Crippen LogP contribution in [0.3, 0.4) is 0 Å². The number of amides is 2. The van der Waals surface area contributed by atoms with Crippen LogP contribution >= 0.6 is 0 Å². The average molecular weight is 256 g/mol. The summed E-state index contributed by atoms with van der Waals surface area (Å²) in [6, 6.07) is 11.7. The van der Waals surface area contributed by atoms with Crippen molar-refractivity contribution in [1.82, 2.24) is 5.32 Å². The van der Waals surface area contributed by atoms with Gasteiger partial charge in [0.1, 0.15) is 5.76 Å². The molecule has 2 amide bonds. The molecular formula is C15H16N2O2. The molecule has 0 saturated carbocycles. The highest BCUT2D eigenvalue weighted by molar-refractivity contribution is 5.93. The van der Waals surface area contributed by atoms with Crippen LogP contribution in [-0.2, 0) is 13.0 Å². The van der Waals surface area contributed by atoms with Crippen molar-refractivity contribution in [2.24, 2.45) is 0 Å². The Morgan fingerprint density at radius 2 is 2.16 bits per heavy atom. The van der Waals surface area contributed by atoms with Gasteiger partial charge in [0.15, 0.2) is 0 Å². The standard InChI is InChI=1S/C15H16N2O2/c18-15(16-11-13-7-4-10-19-13)17-9-3-6-12-5-1-2-8-14(12)17/h1-2,4-5,7-8,10H,3,6,9,11H2,(H,16,18). The predicted octanol–water partition coefficient (Wildman–Crippen LogP) is 2.94. The summed E-state index contributed by atoms with van der Waals surface area (Å²) in [5, 5.41) is 2.89. The zero-order valence-electron chi connectivity index (χ0n) is 10.6. The fourth-order valence-corrected chi connectivity index (χ4v) is 2.42. The van der Waals surface area contributed by atoms with Gasteiger partial charge in [0, 0.05) is 12.2 Å². The highest BCUT2D eigenvalue weighted by Crippen LogP contribution is 2.26. The Balaban J connectivity index is 1.71. The molecule has 0 radical (unpaired) electrons. The summed E-state index contributed by atoms with van der Waals surface area (Å²) in [5.74, 6) is 0.763. The molecule has 0 bridgehead atoms. The van der Waals surface area contributed by atoms with Crippen LogP contribution in [0.1, 0.15) is 17.7 Å². The number of hydrogen-bond acceptors (Lipinski definition) is 2. The first kappa shape index (κ1) is 11.8. The first-order chi connectivity index (χ1) is 9.34. The summed E-state index contributed by atoms with van der Waals surface area (Å²) in [4.78, 5) is 14.0. The normalized spacial score (nSPS) is 14.0. The molecule has 1 N–H and O–H groups in total. The van der Waals surface area contributed by atoms with Gasteiger partial charge in [-0.1, -0.05) is 18.2 Å². The molecule has 1 aromatic carbocycles. The number of anilines is 1. The molecule has 19 heavy (non-hydrogen) atoms. The highest BCUT2D eigenvalue weighted by atomic mass is 16.3. The number of benzene rings is 1. The smallest absolute Gasteiger partial charge is 0.322 e. The molecule has 1 aromatic heterocycles. The van der Waals surface area contributed by atoms with Crippen LogP contribution in [0, 0.1) is 0 Å². The van der Waals surface area contributed by atoms with E-state index in [2.05, 4.69) is 11.4 Å². The van der Waals surface area contributed by atoms with Gasteiger partial charge in [-0.15, -0.1) is 0 Å². The molecule has 4 heteroatoms. The minimum Gasteiger partial charge on any atom is -0.467 e. The van der Waals surface area contributed by atoms with E-state index in [0.29, 0.717) is 6.54 Å². The minimum atomic E-state index is -0.0662. The molecule has 0 atom stereocenters. The molecule has 0 saturated heterocycles. The fourth-order valence-electron chi connectivity index (χ4n) is 2.42. The number of furan rings is 1. The second kappa shape index (κ2) is 5.18. The lowest BCUT2D eigenvalue weighted by atomic mass is 10.0. The van der Waals surface area contributed by atoms with Crippen LogP contribution in [0.15, 0.2) is 47.1 Å². The molecule has 98 valence electrons. The van der Waals surface area contributed by atoms with Crippen molar-refractivity contribution in [2.75, 3.05) is 11.4 Å². The lowest BCUT2D eigenvalue weighted by molar-refractivity contribution is 0.244. The Kier molecular flexibility index (Phi) is 3.23. The second-order valence-electron chi connectivity index (χ2n) is 4.62. The lowest BCUT2D eigenvalue weighted by Crippen LogP contribution is -2.42. The van der Waals surface area contributed by atoms with Crippen LogP contribution in [0.5, 0.6) is 0 Å². The molecule has 0 spiro atoms. The summed E-state index contributed by atoms with van der Waals surface area (Å²) in [6.45, 7) is 1.19. The zero-order chi connectivity index (χ0) is 13.1. The quantitative estimate of drug-likeness (QED) is 0.898. The summed E-state index contributed by atoms with van der Waals surface area (Å²) in [5.41, 5.74) is 2.26. The Bertz CT molecular complexity index is 563. The van der Waals surface area contributed by atoms with E-state index in [9.17, 15) is 4.79 Å². The maximum absolute atomic E-state index is 12.2. The Labute approximate surface area is 112 Å². The van der Waals surface area contributed by atoms with Crippen molar-refractivity contribution in [3.05, 3.63) is 54.0 Å². The number of aryl methyl sites for hydroxylation is 1. The molecule has 1 aliphatic rings. The molecule has 2 aromatic rings. The van der Waals surface area contributed by atoms with Gasteiger partial charge in [-0.05, 0) is 36.6 Å². The average Bonchev–Trinajstić information content (AvgIpc) is 2.97. The molecule has 0 aliphatic carbocycles. The van der Waals surface area contributed by atoms with Crippen LogP contribution in [-0.4, -0.2) is 12.6 Å². The molecule has 2 heterocycles. The van der Waals surface area contributed by atoms with Gasteiger partial charge in [0.25, 0.3) is 0 Å². The molecule has 3 rings (SSSR count). The van der Waals surface area contributed by atoms with Crippen molar-refractivity contribution in [2.45, 2.75) is 19.4 Å². The maximum atomic E-state index is 12.2. The second-order valence-corrected chi connectivity index (χ2v) is 4.62. The van der Waals surface area contributed by atoms with Gasteiger partial charge in [0.05, 0.1) is 12.8 Å². The summed E-state index contributed by atoms with van der Waals surface area (Å²) < 4.78 is 5.21. The Morgan fingerprint density at radius 3 is 3.00 bits per heavy atom. The van der Waals surface area contributed by atoms with Crippen LogP contribution in [0.25, 0.3) is 0 Å². The van der Waals surface area contributed by atoms with E-state index in [0.717, 1.165) is 30.8 Å². The van der Waals surface area contributed by atoms with E-state index in [1.165, 1.54) is 5.56 Å². The molecule has 4 nitrogen and oxygen atoms in total. The van der Waals surface area contributed by atoms with Gasteiger partial charge < -0.3 is 9.73 Å². The van der Waals surface area contributed by atoms with E-state index < -0.39 is 0 Å². The number of fused-ring (bicyclic) bond motifs is 1. The van der Waals surface area contributed by atoms with Crippen molar-refractivity contribution in [1.29, 1.82) is 0 Å². The third-order valence-corrected chi connectivity index (χ3v) is 3.35. The Morgan fingerprint density at radius 1 is 1.26 bits per heavy atom. The highest BCUT2D eigenvalue weighted by Gasteiger charge is 2.21. The van der Waals surface area contributed by atoms with Crippen LogP contribution < -0.4 is 10.2 Å². The van der Waals surface area contributed by atoms with Gasteiger partial charge in [-0.2, -0.15) is 0 Å². The first-order valence-electron chi connectivity index (χ1n) is 6.50. The molecular weight excluding hydrogens is 240 g/mol. The number of nitrogens with one attached hydrogen (secondary N) is 1. The lowest BCUT2D eigenvalue weighted by Gasteiger charge is -2.29. The summed E-state index contributed by atoms with van der Waals surface area (Å²) >= 11 is 0. The monoisotopic (exact) mass is 256 g/mol. The van der Waals surface area contributed by atoms with Crippen molar-refractivity contribution in [3.63, 3.8) is 0 Å². The van der Waals surface area contributed by atoms with Crippen molar-refractivity contribution >= 4 is 11.7 Å². The molecule has 1 aliphatic heterocycles. The third kappa shape index (κ3) is 2.47. The van der Waals surface area contributed by atoms with Gasteiger partial charge >= 0.3 is 6.03 Å². The van der Waals surface area contributed by atoms with E-state index in [1.54, 1.807) is 6.26 Å². The number of hydrogen-bond donors (Lipinski definition) is 1. The zero-order valence-corrected chi connectivity index (χ0v) is 10.6. The predicted molar refractivity (Wildman–Crippen MR) is 73.1 cm³/mol. The molecule has 0 unspecified atom stereocenters. The van der Waals surface area contributed by atoms with Crippen LogP contribution in [0.4, 0.5) is 10.5 Å².